The zero-order chi connectivity index (χ0) is 11.4. The molecule has 3 nitrogen and oxygen atoms in total. The van der Waals surface area contributed by atoms with E-state index in [0.29, 0.717) is 10.3 Å². The predicted molar refractivity (Wildman–Crippen MR) is 68.3 cm³/mol. The van der Waals surface area contributed by atoms with Gasteiger partial charge in [-0.2, -0.15) is 0 Å². The maximum atomic E-state index is 11.6. The van der Waals surface area contributed by atoms with E-state index in [-0.39, 0.29) is 10.7 Å². The molecule has 0 saturated carbocycles. The molecule has 1 amide bonds. The van der Waals surface area contributed by atoms with Crippen molar-refractivity contribution in [2.24, 2.45) is 0 Å². The van der Waals surface area contributed by atoms with E-state index in [1.807, 2.05) is 19.9 Å². The van der Waals surface area contributed by atoms with Crippen LogP contribution >= 0.6 is 31.9 Å². The fraction of sp³-hybridized carbons (Fsp3) is 0.400. The minimum absolute atomic E-state index is 0.0504. The van der Waals surface area contributed by atoms with Crippen molar-refractivity contribution >= 4 is 43.5 Å². The fourth-order valence-corrected chi connectivity index (χ4v) is 1.47. The summed E-state index contributed by atoms with van der Waals surface area (Å²) >= 11 is 6.58. The van der Waals surface area contributed by atoms with Crippen molar-refractivity contribution in [3.05, 3.63) is 22.4 Å². The molecule has 1 heterocycles. The number of carbonyl (C=O) groups excluding carboxylic acids is 1. The number of nitrogens with one attached hydrogen (secondary N) is 1. The van der Waals surface area contributed by atoms with E-state index < -0.39 is 0 Å². The molecule has 0 fully saturated rings. The summed E-state index contributed by atoms with van der Waals surface area (Å²) in [6.07, 6.45) is 2.49. The monoisotopic (exact) mass is 334 g/mol. The highest BCUT2D eigenvalue weighted by Gasteiger charge is 2.13. The van der Waals surface area contributed by atoms with Crippen molar-refractivity contribution in [2.75, 3.05) is 5.32 Å². The molecule has 0 bridgehead atoms. The minimum Gasteiger partial charge on any atom is -0.323 e. The molecule has 1 N–H and O–H groups in total. The lowest BCUT2D eigenvalue weighted by Crippen LogP contribution is -2.22. The standard InChI is InChI=1S/C10H12Br2N2O/c1-3-7(11)10(15)14-8-4-6(2)5-13-9(8)12/h4-5,7H,3H2,1-2H3,(H,14,15). The van der Waals surface area contributed by atoms with Crippen LogP contribution < -0.4 is 5.32 Å². The Hall–Kier alpha value is -0.420. The summed E-state index contributed by atoms with van der Waals surface area (Å²) in [7, 11) is 0. The van der Waals surface area contributed by atoms with Crippen LogP contribution in [-0.4, -0.2) is 15.7 Å². The molecule has 1 atom stereocenters. The maximum Gasteiger partial charge on any atom is 0.238 e. The van der Waals surface area contributed by atoms with Crippen molar-refractivity contribution in [2.45, 2.75) is 25.1 Å². The second-order valence-corrected chi connectivity index (χ2v) is 5.07. The molecule has 0 aliphatic heterocycles. The number of carbonyl (C=O) groups is 1. The number of aryl methyl sites for hydroxylation is 1. The Morgan fingerprint density at radius 2 is 2.33 bits per heavy atom. The molecule has 0 saturated heterocycles. The maximum absolute atomic E-state index is 11.6. The zero-order valence-electron chi connectivity index (χ0n) is 8.55. The summed E-state index contributed by atoms with van der Waals surface area (Å²) in [5.74, 6) is -0.0504. The molecule has 1 unspecified atom stereocenters. The number of hydrogen-bond acceptors (Lipinski definition) is 2. The van der Waals surface area contributed by atoms with Crippen LogP contribution in [-0.2, 0) is 4.79 Å². The molecule has 0 spiro atoms. The van der Waals surface area contributed by atoms with E-state index in [1.165, 1.54) is 0 Å². The first-order valence-electron chi connectivity index (χ1n) is 4.61. The Kier molecular flexibility index (Phi) is 4.73. The Morgan fingerprint density at radius 1 is 1.67 bits per heavy atom. The Balaban J connectivity index is 2.80. The van der Waals surface area contributed by atoms with Gasteiger partial charge in [0.1, 0.15) is 4.60 Å². The average Bonchev–Trinajstić information content (AvgIpc) is 2.22. The van der Waals surface area contributed by atoms with Crippen LogP contribution in [0.5, 0.6) is 0 Å². The smallest absolute Gasteiger partial charge is 0.238 e. The molecule has 1 aromatic rings. The molecular weight excluding hydrogens is 324 g/mol. The Morgan fingerprint density at radius 3 is 2.93 bits per heavy atom. The second-order valence-electron chi connectivity index (χ2n) is 3.22. The predicted octanol–water partition coefficient (Wildman–Crippen LogP) is 3.26. The van der Waals surface area contributed by atoms with E-state index in [2.05, 4.69) is 42.2 Å². The number of nitrogens with zero attached hydrogens (tertiary/aromatic N) is 1. The summed E-state index contributed by atoms with van der Waals surface area (Å²) in [6.45, 7) is 3.88. The number of amides is 1. The van der Waals surface area contributed by atoms with Gasteiger partial charge in [0.2, 0.25) is 5.91 Å². The number of alkyl halides is 1. The highest BCUT2D eigenvalue weighted by atomic mass is 79.9. The topological polar surface area (TPSA) is 42.0 Å². The van der Waals surface area contributed by atoms with Gasteiger partial charge in [-0.25, -0.2) is 4.98 Å². The van der Waals surface area contributed by atoms with Crippen LogP contribution in [0.15, 0.2) is 16.9 Å². The van der Waals surface area contributed by atoms with Crippen LogP contribution in [0.25, 0.3) is 0 Å². The van der Waals surface area contributed by atoms with E-state index in [9.17, 15) is 4.79 Å². The van der Waals surface area contributed by atoms with Gasteiger partial charge in [-0.3, -0.25) is 4.79 Å². The van der Waals surface area contributed by atoms with E-state index in [4.69, 9.17) is 0 Å². The van der Waals surface area contributed by atoms with E-state index in [0.717, 1.165) is 12.0 Å². The first kappa shape index (κ1) is 12.6. The quantitative estimate of drug-likeness (QED) is 0.680. The van der Waals surface area contributed by atoms with Crippen molar-refractivity contribution in [1.82, 2.24) is 4.98 Å². The normalized spacial score (nSPS) is 12.3. The van der Waals surface area contributed by atoms with Crippen molar-refractivity contribution in [3.63, 3.8) is 0 Å². The number of pyridine rings is 1. The average molecular weight is 336 g/mol. The molecule has 0 aliphatic carbocycles. The van der Waals surface area contributed by atoms with E-state index in [1.54, 1.807) is 6.20 Å². The lowest BCUT2D eigenvalue weighted by Gasteiger charge is -2.10. The van der Waals surface area contributed by atoms with Crippen LogP contribution in [0, 0.1) is 6.92 Å². The molecule has 1 aromatic heterocycles. The van der Waals surface area contributed by atoms with Gasteiger partial charge in [-0.05, 0) is 40.9 Å². The van der Waals surface area contributed by atoms with Gasteiger partial charge in [0.05, 0.1) is 10.5 Å². The molecule has 0 aliphatic rings. The highest BCUT2D eigenvalue weighted by Crippen LogP contribution is 2.21. The van der Waals surface area contributed by atoms with Crippen molar-refractivity contribution < 1.29 is 4.79 Å². The van der Waals surface area contributed by atoms with Crippen LogP contribution in [0.1, 0.15) is 18.9 Å². The third kappa shape index (κ3) is 3.57. The molecule has 0 aromatic carbocycles. The number of halogens is 2. The fourth-order valence-electron chi connectivity index (χ4n) is 1.04. The molecule has 1 rings (SSSR count). The molecular formula is C10H12Br2N2O. The van der Waals surface area contributed by atoms with E-state index >= 15 is 0 Å². The molecule has 5 heteroatoms. The lowest BCUT2D eigenvalue weighted by atomic mass is 10.2. The first-order valence-corrected chi connectivity index (χ1v) is 6.32. The van der Waals surface area contributed by atoms with Crippen LogP contribution in [0.2, 0.25) is 0 Å². The Bertz CT molecular complexity index is 368. The van der Waals surface area contributed by atoms with Crippen LogP contribution in [0.4, 0.5) is 5.69 Å². The first-order chi connectivity index (χ1) is 7.04. The molecule has 0 radical (unpaired) electrons. The summed E-state index contributed by atoms with van der Waals surface area (Å²) in [5.41, 5.74) is 1.72. The third-order valence-corrected chi connectivity index (χ3v) is 3.57. The number of aromatic nitrogens is 1. The SMILES string of the molecule is CCC(Br)C(=O)Nc1cc(C)cnc1Br. The second kappa shape index (κ2) is 5.61. The largest absolute Gasteiger partial charge is 0.323 e. The van der Waals surface area contributed by atoms with Gasteiger partial charge in [0.15, 0.2) is 0 Å². The summed E-state index contributed by atoms with van der Waals surface area (Å²) in [4.78, 5) is 15.5. The highest BCUT2D eigenvalue weighted by molar-refractivity contribution is 9.10. The van der Waals surface area contributed by atoms with Gasteiger partial charge < -0.3 is 5.32 Å². The van der Waals surface area contributed by atoms with Gasteiger partial charge in [0, 0.05) is 6.20 Å². The molecule has 15 heavy (non-hydrogen) atoms. The van der Waals surface area contributed by atoms with Gasteiger partial charge in [-0.1, -0.05) is 22.9 Å². The van der Waals surface area contributed by atoms with Gasteiger partial charge >= 0.3 is 0 Å². The lowest BCUT2D eigenvalue weighted by molar-refractivity contribution is -0.115. The number of rotatable bonds is 3. The van der Waals surface area contributed by atoms with Crippen molar-refractivity contribution in [1.29, 1.82) is 0 Å². The Labute approximate surface area is 106 Å². The van der Waals surface area contributed by atoms with Gasteiger partial charge in [0.25, 0.3) is 0 Å². The summed E-state index contributed by atoms with van der Waals surface area (Å²) < 4.78 is 0.650. The molecule has 82 valence electrons. The third-order valence-electron chi connectivity index (χ3n) is 1.88. The van der Waals surface area contributed by atoms with Crippen LogP contribution in [0.3, 0.4) is 0 Å². The minimum atomic E-state index is -0.162. The summed E-state index contributed by atoms with van der Waals surface area (Å²) in [5, 5.41) is 2.81. The summed E-state index contributed by atoms with van der Waals surface area (Å²) in [6, 6.07) is 1.88. The number of hydrogen-bond donors (Lipinski definition) is 1. The number of anilines is 1. The zero-order valence-corrected chi connectivity index (χ0v) is 11.7. The van der Waals surface area contributed by atoms with Crippen molar-refractivity contribution in [3.8, 4) is 0 Å². The van der Waals surface area contributed by atoms with Gasteiger partial charge in [-0.15, -0.1) is 0 Å².